The van der Waals surface area contributed by atoms with Crippen molar-refractivity contribution in [1.29, 1.82) is 0 Å². The molecule has 22 heavy (non-hydrogen) atoms. The van der Waals surface area contributed by atoms with Gasteiger partial charge in [0.2, 0.25) is 0 Å². The molecule has 1 aromatic carbocycles. The molecular formula is C18H24ClN2O+. The SMILES string of the molecule is O=C(NC1C[C@H]2CCC[C@@H](C1)[NH+]2C1CC1)c1ccccc1Cl. The summed E-state index contributed by atoms with van der Waals surface area (Å²) in [6, 6.07) is 10.1. The lowest BCUT2D eigenvalue weighted by molar-refractivity contribution is -0.971. The second-order valence-corrected chi connectivity index (χ2v) is 7.63. The standard InChI is InChI=1S/C18H23ClN2O/c19-17-7-2-1-6-16(17)18(22)20-12-10-14-4-3-5-15(11-12)21(14)13-8-9-13/h1-2,6-7,12-15H,3-5,8-11H2,(H,20,22)/p+1/t12?,14-,15+. The summed E-state index contributed by atoms with van der Waals surface area (Å²) < 4.78 is 0. The second kappa shape index (κ2) is 5.86. The Kier molecular flexibility index (Phi) is 3.87. The Morgan fingerprint density at radius 3 is 2.36 bits per heavy atom. The minimum atomic E-state index is -0.0106. The van der Waals surface area contributed by atoms with Crippen LogP contribution in [-0.4, -0.2) is 30.1 Å². The maximum Gasteiger partial charge on any atom is 0.253 e. The zero-order valence-corrected chi connectivity index (χ0v) is 13.6. The van der Waals surface area contributed by atoms with Gasteiger partial charge in [-0.05, 0) is 31.4 Å². The first kappa shape index (κ1) is 14.5. The number of piperidine rings is 2. The lowest BCUT2D eigenvalue weighted by atomic mass is 9.81. The first-order valence-corrected chi connectivity index (χ1v) is 9.02. The van der Waals surface area contributed by atoms with Gasteiger partial charge in [0.05, 0.1) is 28.7 Å². The van der Waals surface area contributed by atoms with Gasteiger partial charge in [-0.15, -0.1) is 0 Å². The molecule has 2 saturated heterocycles. The number of fused-ring (bicyclic) bond motifs is 2. The van der Waals surface area contributed by atoms with Crippen LogP contribution in [0.25, 0.3) is 0 Å². The van der Waals surface area contributed by atoms with Gasteiger partial charge >= 0.3 is 0 Å². The van der Waals surface area contributed by atoms with E-state index < -0.39 is 0 Å². The van der Waals surface area contributed by atoms with Crippen LogP contribution in [0, 0.1) is 0 Å². The van der Waals surface area contributed by atoms with Crippen molar-refractivity contribution in [3.8, 4) is 0 Å². The van der Waals surface area contributed by atoms with Crippen molar-refractivity contribution in [2.24, 2.45) is 0 Å². The van der Waals surface area contributed by atoms with Gasteiger partial charge in [0, 0.05) is 31.7 Å². The third-order valence-corrected chi connectivity index (χ3v) is 6.02. The van der Waals surface area contributed by atoms with E-state index in [2.05, 4.69) is 5.32 Å². The van der Waals surface area contributed by atoms with E-state index in [9.17, 15) is 4.79 Å². The van der Waals surface area contributed by atoms with E-state index in [0.717, 1.165) is 31.0 Å². The van der Waals surface area contributed by atoms with E-state index in [1.807, 2.05) is 23.1 Å². The summed E-state index contributed by atoms with van der Waals surface area (Å²) in [4.78, 5) is 14.3. The highest BCUT2D eigenvalue weighted by molar-refractivity contribution is 6.33. The van der Waals surface area contributed by atoms with Gasteiger partial charge in [-0.25, -0.2) is 0 Å². The first-order chi connectivity index (χ1) is 10.7. The molecule has 3 nitrogen and oxygen atoms in total. The molecule has 1 aromatic rings. The normalized spacial score (nSPS) is 34.2. The van der Waals surface area contributed by atoms with Gasteiger partial charge in [0.25, 0.3) is 5.91 Å². The minimum Gasteiger partial charge on any atom is -0.349 e. The molecule has 1 aliphatic carbocycles. The fourth-order valence-electron chi connectivity index (χ4n) is 4.68. The molecule has 0 aromatic heterocycles. The van der Waals surface area contributed by atoms with E-state index >= 15 is 0 Å². The van der Waals surface area contributed by atoms with Crippen molar-refractivity contribution in [2.45, 2.75) is 69.1 Å². The molecule has 1 amide bonds. The van der Waals surface area contributed by atoms with E-state index in [4.69, 9.17) is 11.6 Å². The summed E-state index contributed by atoms with van der Waals surface area (Å²) in [5.41, 5.74) is 0.603. The summed E-state index contributed by atoms with van der Waals surface area (Å²) >= 11 is 6.14. The number of hydrogen-bond donors (Lipinski definition) is 2. The third kappa shape index (κ3) is 2.77. The lowest BCUT2D eigenvalue weighted by Gasteiger charge is -2.46. The molecule has 2 heterocycles. The number of rotatable bonds is 3. The monoisotopic (exact) mass is 319 g/mol. The van der Waals surface area contributed by atoms with Crippen LogP contribution in [0.3, 0.4) is 0 Å². The van der Waals surface area contributed by atoms with Crippen molar-refractivity contribution >= 4 is 17.5 Å². The molecule has 2 unspecified atom stereocenters. The number of carbonyl (C=O) groups is 1. The third-order valence-electron chi connectivity index (χ3n) is 5.69. The summed E-state index contributed by atoms with van der Waals surface area (Å²) in [6.45, 7) is 0. The average molecular weight is 320 g/mol. The number of carbonyl (C=O) groups excluding carboxylic acids is 1. The highest BCUT2D eigenvalue weighted by atomic mass is 35.5. The molecule has 2 N–H and O–H groups in total. The lowest BCUT2D eigenvalue weighted by Crippen LogP contribution is -3.22. The molecule has 4 atom stereocenters. The van der Waals surface area contributed by atoms with Gasteiger partial charge in [0.1, 0.15) is 0 Å². The number of halogens is 1. The Labute approximate surface area is 137 Å². The fraction of sp³-hybridized carbons (Fsp3) is 0.611. The number of quaternary nitrogens is 1. The number of nitrogens with one attached hydrogen (secondary N) is 2. The highest BCUT2D eigenvalue weighted by Crippen LogP contribution is 2.28. The number of hydrogen-bond acceptors (Lipinski definition) is 1. The zero-order chi connectivity index (χ0) is 15.1. The van der Waals surface area contributed by atoms with Crippen LogP contribution in [0.5, 0.6) is 0 Å². The molecule has 1 saturated carbocycles. The quantitative estimate of drug-likeness (QED) is 0.880. The van der Waals surface area contributed by atoms with Crippen LogP contribution in [0.15, 0.2) is 24.3 Å². The molecule has 4 rings (SSSR count). The smallest absolute Gasteiger partial charge is 0.253 e. The Hall–Kier alpha value is -1.06. The molecule has 2 bridgehead atoms. The van der Waals surface area contributed by atoms with Crippen LogP contribution in [-0.2, 0) is 0 Å². The van der Waals surface area contributed by atoms with E-state index in [0.29, 0.717) is 16.6 Å². The van der Waals surface area contributed by atoms with E-state index in [-0.39, 0.29) is 5.91 Å². The Balaban J connectivity index is 1.44. The molecule has 2 aliphatic heterocycles. The molecule has 3 fully saturated rings. The molecule has 0 radical (unpaired) electrons. The maximum atomic E-state index is 12.5. The molecule has 3 aliphatic rings. The van der Waals surface area contributed by atoms with Crippen LogP contribution in [0.1, 0.15) is 55.3 Å². The number of benzene rings is 1. The van der Waals surface area contributed by atoms with Crippen LogP contribution in [0.4, 0.5) is 0 Å². The van der Waals surface area contributed by atoms with Crippen LogP contribution in [0.2, 0.25) is 5.02 Å². The van der Waals surface area contributed by atoms with Crippen molar-refractivity contribution in [3.63, 3.8) is 0 Å². The average Bonchev–Trinajstić information content (AvgIpc) is 3.31. The summed E-state index contributed by atoms with van der Waals surface area (Å²) in [5.74, 6) is -0.0106. The topological polar surface area (TPSA) is 33.5 Å². The summed E-state index contributed by atoms with van der Waals surface area (Å²) in [6.07, 6.45) is 9.15. The predicted octanol–water partition coefficient (Wildman–Crippen LogP) is 2.20. The van der Waals surface area contributed by atoms with Crippen LogP contribution >= 0.6 is 11.6 Å². The van der Waals surface area contributed by atoms with Crippen molar-refractivity contribution in [1.82, 2.24) is 5.32 Å². The largest absolute Gasteiger partial charge is 0.349 e. The number of amides is 1. The Morgan fingerprint density at radius 2 is 1.73 bits per heavy atom. The van der Waals surface area contributed by atoms with Crippen LogP contribution < -0.4 is 10.2 Å². The molecule has 0 spiro atoms. The second-order valence-electron chi connectivity index (χ2n) is 7.22. The van der Waals surface area contributed by atoms with E-state index in [1.54, 1.807) is 6.07 Å². The fourth-order valence-corrected chi connectivity index (χ4v) is 4.90. The maximum absolute atomic E-state index is 12.5. The molecule has 4 heteroatoms. The summed E-state index contributed by atoms with van der Waals surface area (Å²) in [5, 5.41) is 3.79. The highest BCUT2D eigenvalue weighted by Gasteiger charge is 2.48. The Morgan fingerprint density at radius 1 is 1.05 bits per heavy atom. The zero-order valence-electron chi connectivity index (χ0n) is 12.9. The van der Waals surface area contributed by atoms with Crippen molar-refractivity contribution in [3.05, 3.63) is 34.9 Å². The van der Waals surface area contributed by atoms with Crippen molar-refractivity contribution in [2.75, 3.05) is 0 Å². The predicted molar refractivity (Wildman–Crippen MR) is 87.4 cm³/mol. The molecule has 118 valence electrons. The van der Waals surface area contributed by atoms with Gasteiger partial charge in [0.15, 0.2) is 0 Å². The van der Waals surface area contributed by atoms with Gasteiger partial charge in [-0.2, -0.15) is 0 Å². The minimum absolute atomic E-state index is 0.0106. The summed E-state index contributed by atoms with van der Waals surface area (Å²) in [7, 11) is 0. The molecular weight excluding hydrogens is 296 g/mol. The Bertz CT molecular complexity index is 558. The van der Waals surface area contributed by atoms with Gasteiger partial charge in [-0.1, -0.05) is 23.7 Å². The first-order valence-electron chi connectivity index (χ1n) is 8.64. The van der Waals surface area contributed by atoms with Crippen molar-refractivity contribution < 1.29 is 9.69 Å². The van der Waals surface area contributed by atoms with E-state index in [1.165, 1.54) is 32.1 Å². The van der Waals surface area contributed by atoms with Gasteiger partial charge in [-0.3, -0.25) is 4.79 Å². The van der Waals surface area contributed by atoms with Gasteiger partial charge < -0.3 is 10.2 Å².